The summed E-state index contributed by atoms with van der Waals surface area (Å²) >= 11 is 3.17. The number of carbonyl (C=O) groups excluding carboxylic acids is 1. The Bertz CT molecular complexity index is 550. The Balaban J connectivity index is 2.00. The maximum atomic E-state index is 12.1. The number of halogens is 1. The summed E-state index contributed by atoms with van der Waals surface area (Å²) in [4.78, 5) is 24.9. The zero-order valence-electron chi connectivity index (χ0n) is 11.6. The van der Waals surface area contributed by atoms with Gasteiger partial charge in [-0.25, -0.2) is 9.59 Å². The van der Waals surface area contributed by atoms with Crippen molar-refractivity contribution in [3.8, 4) is 0 Å². The second kappa shape index (κ2) is 6.91. The lowest BCUT2D eigenvalue weighted by molar-refractivity contribution is 0.0696. The molecule has 0 aromatic heterocycles. The highest BCUT2D eigenvalue weighted by Crippen LogP contribution is 2.22. The van der Waals surface area contributed by atoms with E-state index < -0.39 is 5.97 Å². The molecule has 21 heavy (non-hydrogen) atoms. The summed E-state index contributed by atoms with van der Waals surface area (Å²) < 4.78 is 5.58. The van der Waals surface area contributed by atoms with Gasteiger partial charge in [-0.3, -0.25) is 0 Å². The third-order valence-electron chi connectivity index (χ3n) is 3.42. The number of ether oxygens (including phenoxy) is 1. The summed E-state index contributed by atoms with van der Waals surface area (Å²) in [6.45, 7) is 1.98. The number of nitrogens with zero attached hydrogens (tertiary/aromatic N) is 1. The lowest BCUT2D eigenvalue weighted by Crippen LogP contribution is -2.33. The summed E-state index contributed by atoms with van der Waals surface area (Å²) in [7, 11) is 1.65. The molecule has 0 saturated carbocycles. The molecule has 1 aliphatic rings. The number of benzene rings is 1. The van der Waals surface area contributed by atoms with Crippen molar-refractivity contribution in [2.45, 2.75) is 6.42 Å². The molecule has 1 aliphatic heterocycles. The van der Waals surface area contributed by atoms with Crippen molar-refractivity contribution in [3.05, 3.63) is 28.2 Å². The van der Waals surface area contributed by atoms with Gasteiger partial charge in [0, 0.05) is 36.3 Å². The van der Waals surface area contributed by atoms with Gasteiger partial charge in [0.15, 0.2) is 0 Å². The molecule has 0 radical (unpaired) electrons. The maximum Gasteiger partial charge on any atom is 0.336 e. The monoisotopic (exact) mass is 356 g/mol. The second-order valence-corrected chi connectivity index (χ2v) is 5.84. The molecule has 1 saturated heterocycles. The van der Waals surface area contributed by atoms with Gasteiger partial charge in [-0.05, 0) is 40.5 Å². The first-order valence-electron chi connectivity index (χ1n) is 6.59. The van der Waals surface area contributed by atoms with Gasteiger partial charge in [0.25, 0.3) is 0 Å². The first-order chi connectivity index (χ1) is 10.0. The van der Waals surface area contributed by atoms with Crippen molar-refractivity contribution in [1.82, 2.24) is 4.90 Å². The molecule has 6 nitrogen and oxygen atoms in total. The molecule has 0 bridgehead atoms. The van der Waals surface area contributed by atoms with Crippen LogP contribution in [0.15, 0.2) is 22.7 Å². The van der Waals surface area contributed by atoms with Crippen molar-refractivity contribution >= 4 is 33.6 Å². The molecule has 0 aliphatic carbocycles. The average molecular weight is 357 g/mol. The summed E-state index contributed by atoms with van der Waals surface area (Å²) in [5.41, 5.74) is 0.585. The van der Waals surface area contributed by atoms with E-state index in [1.165, 1.54) is 6.07 Å². The lowest BCUT2D eigenvalue weighted by atomic mass is 10.1. The molecule has 0 spiro atoms. The number of urea groups is 1. The number of aromatic carboxylic acids is 1. The van der Waals surface area contributed by atoms with E-state index in [2.05, 4.69) is 21.2 Å². The van der Waals surface area contributed by atoms with Crippen LogP contribution < -0.4 is 5.32 Å². The molecular formula is C14H17BrN2O4. The summed E-state index contributed by atoms with van der Waals surface area (Å²) in [5.74, 6) is -0.681. The second-order valence-electron chi connectivity index (χ2n) is 4.99. The van der Waals surface area contributed by atoms with E-state index in [4.69, 9.17) is 9.84 Å². The third kappa shape index (κ3) is 3.95. The molecule has 2 N–H and O–H groups in total. The first kappa shape index (κ1) is 15.8. The molecule has 1 heterocycles. The van der Waals surface area contributed by atoms with E-state index in [0.717, 1.165) is 6.42 Å². The number of likely N-dealkylation sites (tertiary alicyclic amines) is 1. The van der Waals surface area contributed by atoms with Gasteiger partial charge in [0.05, 0.1) is 12.2 Å². The number of rotatable bonds is 4. The van der Waals surface area contributed by atoms with Gasteiger partial charge in [0.1, 0.15) is 0 Å². The molecule has 1 atom stereocenters. The van der Waals surface area contributed by atoms with Gasteiger partial charge in [0.2, 0.25) is 0 Å². The predicted octanol–water partition coefficient (Wildman–Crippen LogP) is 2.65. The molecule has 1 aromatic carbocycles. The lowest BCUT2D eigenvalue weighted by Gasteiger charge is -2.17. The van der Waals surface area contributed by atoms with E-state index in [9.17, 15) is 9.59 Å². The van der Waals surface area contributed by atoms with Crippen LogP contribution >= 0.6 is 15.9 Å². The summed E-state index contributed by atoms with van der Waals surface area (Å²) in [6.07, 6.45) is 0.919. The van der Waals surface area contributed by atoms with E-state index in [-0.39, 0.29) is 11.6 Å². The average Bonchev–Trinajstić information content (AvgIpc) is 2.90. The number of hydrogen-bond donors (Lipinski definition) is 2. The minimum Gasteiger partial charge on any atom is -0.478 e. The third-order valence-corrected chi connectivity index (χ3v) is 4.11. The van der Waals surface area contributed by atoms with Crippen LogP contribution in [-0.4, -0.2) is 48.8 Å². The van der Waals surface area contributed by atoms with Crippen LogP contribution in [0.2, 0.25) is 0 Å². The first-order valence-corrected chi connectivity index (χ1v) is 7.38. The van der Waals surface area contributed by atoms with Crippen LogP contribution in [-0.2, 0) is 4.74 Å². The highest BCUT2D eigenvalue weighted by Gasteiger charge is 2.26. The SMILES string of the molecule is COCC1CCN(C(=O)Nc2ccc(Br)c(C(=O)O)c2)C1. The molecule has 1 unspecified atom stereocenters. The zero-order chi connectivity index (χ0) is 15.4. The predicted molar refractivity (Wildman–Crippen MR) is 81.7 cm³/mol. The topological polar surface area (TPSA) is 78.9 Å². The number of carbonyl (C=O) groups is 2. The fourth-order valence-corrected chi connectivity index (χ4v) is 2.77. The number of hydrogen-bond acceptors (Lipinski definition) is 3. The van der Waals surface area contributed by atoms with Crippen molar-refractivity contribution in [2.75, 3.05) is 32.1 Å². The number of methoxy groups -OCH3 is 1. The van der Waals surface area contributed by atoms with Crippen molar-refractivity contribution in [1.29, 1.82) is 0 Å². The van der Waals surface area contributed by atoms with Gasteiger partial charge in [-0.2, -0.15) is 0 Å². The summed E-state index contributed by atoms with van der Waals surface area (Å²) in [5, 5.41) is 11.8. The molecule has 2 rings (SSSR count). The van der Waals surface area contributed by atoms with E-state index in [0.29, 0.717) is 35.8 Å². The van der Waals surface area contributed by atoms with Crippen LogP contribution in [0.5, 0.6) is 0 Å². The van der Waals surface area contributed by atoms with Crippen molar-refractivity contribution < 1.29 is 19.4 Å². The smallest absolute Gasteiger partial charge is 0.336 e. The minimum atomic E-state index is -1.04. The normalized spacial score (nSPS) is 17.8. The van der Waals surface area contributed by atoms with E-state index in [1.807, 2.05) is 0 Å². The number of nitrogens with one attached hydrogen (secondary N) is 1. The summed E-state index contributed by atoms with van der Waals surface area (Å²) in [6, 6.07) is 4.49. The number of amides is 2. The Labute approximate surface area is 131 Å². The highest BCUT2D eigenvalue weighted by atomic mass is 79.9. The van der Waals surface area contributed by atoms with Gasteiger partial charge in [-0.1, -0.05) is 0 Å². The van der Waals surface area contributed by atoms with Crippen LogP contribution in [0, 0.1) is 5.92 Å². The zero-order valence-corrected chi connectivity index (χ0v) is 13.2. The Morgan fingerprint density at radius 3 is 2.95 bits per heavy atom. The number of carboxylic acids is 1. The van der Waals surface area contributed by atoms with Crippen LogP contribution in [0.3, 0.4) is 0 Å². The molecule has 7 heteroatoms. The molecule has 1 aromatic rings. The van der Waals surface area contributed by atoms with Gasteiger partial charge in [-0.15, -0.1) is 0 Å². The minimum absolute atomic E-state index is 0.117. The van der Waals surface area contributed by atoms with Crippen LogP contribution in [0.4, 0.5) is 10.5 Å². The van der Waals surface area contributed by atoms with Crippen LogP contribution in [0.25, 0.3) is 0 Å². The maximum absolute atomic E-state index is 12.1. The van der Waals surface area contributed by atoms with Crippen molar-refractivity contribution in [3.63, 3.8) is 0 Å². The fraction of sp³-hybridized carbons (Fsp3) is 0.429. The Morgan fingerprint density at radius 1 is 1.52 bits per heavy atom. The standard InChI is InChI=1S/C14H17BrN2O4/c1-21-8-9-4-5-17(7-9)14(20)16-10-2-3-12(15)11(6-10)13(18)19/h2-3,6,9H,4-5,7-8H2,1H3,(H,16,20)(H,18,19). The fourth-order valence-electron chi connectivity index (χ4n) is 2.36. The molecule has 114 valence electrons. The van der Waals surface area contributed by atoms with E-state index >= 15 is 0 Å². The molecular weight excluding hydrogens is 340 g/mol. The highest BCUT2D eigenvalue weighted by molar-refractivity contribution is 9.10. The van der Waals surface area contributed by atoms with Gasteiger partial charge < -0.3 is 20.1 Å². The molecule has 2 amide bonds. The number of carboxylic acid groups (broad SMARTS) is 1. The largest absolute Gasteiger partial charge is 0.478 e. The quantitative estimate of drug-likeness (QED) is 0.868. The van der Waals surface area contributed by atoms with E-state index in [1.54, 1.807) is 24.1 Å². The Hall–Kier alpha value is -1.60. The van der Waals surface area contributed by atoms with Gasteiger partial charge >= 0.3 is 12.0 Å². The Morgan fingerprint density at radius 2 is 2.29 bits per heavy atom. The van der Waals surface area contributed by atoms with Crippen LogP contribution in [0.1, 0.15) is 16.8 Å². The Kier molecular flexibility index (Phi) is 5.19. The molecule has 1 fully saturated rings. The number of anilines is 1. The van der Waals surface area contributed by atoms with Crippen molar-refractivity contribution in [2.24, 2.45) is 5.92 Å².